The first-order chi connectivity index (χ1) is 33.4. The third-order valence-electron chi connectivity index (χ3n) is 17.7. The molecule has 2 spiro atoms. The molecule has 0 aromatic heterocycles. The van der Waals surface area contributed by atoms with Gasteiger partial charge in [-0.05, 0) is 205 Å². The molecule has 4 saturated carbocycles. The van der Waals surface area contributed by atoms with Crippen molar-refractivity contribution < 1.29 is 34.4 Å². The van der Waals surface area contributed by atoms with Crippen LogP contribution in [0.25, 0.3) is 21.5 Å². The first kappa shape index (κ1) is 51.2. The van der Waals surface area contributed by atoms with Crippen molar-refractivity contribution in [1.29, 1.82) is 0 Å². The van der Waals surface area contributed by atoms with E-state index in [9.17, 15) is 24.9 Å². The molecule has 4 aromatic rings. The molecule has 0 bridgehead atoms. The number of carbonyl (C=O) groups is 2. The first-order valence-electron chi connectivity index (χ1n) is 27.3. The summed E-state index contributed by atoms with van der Waals surface area (Å²) in [6.45, 7) is 11.4. The number of aliphatic carboxylic acids is 1. The van der Waals surface area contributed by atoms with Crippen LogP contribution in [0.2, 0.25) is 0 Å². The lowest BCUT2D eigenvalue weighted by molar-refractivity contribution is -0.149. The number of hydrogen-bond donors (Lipinski definition) is 3. The number of carboxylic acid groups (broad SMARTS) is 1. The first-order valence-corrected chi connectivity index (χ1v) is 27.3. The van der Waals surface area contributed by atoms with Crippen molar-refractivity contribution in [2.45, 2.75) is 187 Å². The third-order valence-corrected chi connectivity index (χ3v) is 17.7. The molecule has 10 rings (SSSR count). The molecule has 2 aliphatic heterocycles. The van der Waals surface area contributed by atoms with Crippen LogP contribution in [0, 0.1) is 36.5 Å². The summed E-state index contributed by atoms with van der Waals surface area (Å²) in [6.07, 6.45) is 27.5. The molecule has 0 atom stereocenters. The molecular weight excluding hydrogens is 861 g/mol. The second kappa shape index (κ2) is 23.8. The Bertz CT molecular complexity index is 2300. The molecule has 376 valence electrons. The van der Waals surface area contributed by atoms with Gasteiger partial charge >= 0.3 is 11.9 Å². The Hall–Kier alpha value is -4.18. The predicted molar refractivity (Wildman–Crippen MR) is 278 cm³/mol. The number of phenols is 1. The number of aryl methyl sites for hydroxylation is 2. The minimum Gasteiger partial charge on any atom is -0.508 e. The summed E-state index contributed by atoms with van der Waals surface area (Å²) >= 11 is 0. The van der Waals surface area contributed by atoms with E-state index in [2.05, 4.69) is 59.2 Å². The fraction of sp³-hybridized carbons (Fsp3) is 0.633. The number of phenolic OH excluding ortho intramolecular Hbond substituents is 1. The summed E-state index contributed by atoms with van der Waals surface area (Å²) in [5, 5.41) is 34.1. The molecule has 6 aliphatic rings. The lowest BCUT2D eigenvalue weighted by Gasteiger charge is -2.43. The van der Waals surface area contributed by atoms with Gasteiger partial charge in [-0.25, -0.2) is 0 Å². The van der Waals surface area contributed by atoms with Crippen LogP contribution in [0.3, 0.4) is 0 Å². The Morgan fingerprint density at radius 2 is 1.04 bits per heavy atom. The number of nitrogens with zero attached hydrogens (tertiary/aromatic N) is 2. The van der Waals surface area contributed by atoms with Crippen LogP contribution in [-0.4, -0.2) is 82.1 Å². The van der Waals surface area contributed by atoms with Gasteiger partial charge in [0.15, 0.2) is 0 Å². The highest BCUT2D eigenvalue weighted by atomic mass is 16.5. The fourth-order valence-electron chi connectivity index (χ4n) is 13.3. The van der Waals surface area contributed by atoms with E-state index in [-0.39, 0.29) is 23.9 Å². The highest BCUT2D eigenvalue weighted by Gasteiger charge is 2.38. The molecule has 0 unspecified atom stereocenters. The summed E-state index contributed by atoms with van der Waals surface area (Å²) in [6, 6.07) is 21.0. The Morgan fingerprint density at radius 3 is 1.55 bits per heavy atom. The van der Waals surface area contributed by atoms with E-state index in [4.69, 9.17) is 9.47 Å². The van der Waals surface area contributed by atoms with Gasteiger partial charge in [0, 0.05) is 24.2 Å². The average molecular weight is 945 g/mol. The minimum atomic E-state index is -0.646. The third kappa shape index (κ3) is 13.0. The molecule has 0 amide bonds. The molecule has 9 nitrogen and oxygen atoms in total. The smallest absolute Gasteiger partial charge is 0.309 e. The van der Waals surface area contributed by atoms with Gasteiger partial charge in [-0.2, -0.15) is 0 Å². The van der Waals surface area contributed by atoms with E-state index in [0.29, 0.717) is 35.8 Å². The molecule has 9 heteroatoms. The van der Waals surface area contributed by atoms with E-state index in [0.717, 1.165) is 93.5 Å². The van der Waals surface area contributed by atoms with Crippen molar-refractivity contribution >= 4 is 33.5 Å². The minimum absolute atomic E-state index is 0.0181. The van der Waals surface area contributed by atoms with Gasteiger partial charge in [0.25, 0.3) is 0 Å². The van der Waals surface area contributed by atoms with Crippen molar-refractivity contribution in [2.24, 2.45) is 22.7 Å². The Morgan fingerprint density at radius 1 is 0.594 bits per heavy atom. The van der Waals surface area contributed by atoms with Crippen LogP contribution >= 0.6 is 0 Å². The van der Waals surface area contributed by atoms with Crippen molar-refractivity contribution in [3.05, 3.63) is 82.9 Å². The number of aliphatic hydroxyl groups excluding tert-OH is 1. The predicted octanol–water partition coefficient (Wildman–Crippen LogP) is 13.2. The normalized spacial score (nSPS) is 22.6. The van der Waals surface area contributed by atoms with Crippen molar-refractivity contribution in [3.63, 3.8) is 0 Å². The summed E-state index contributed by atoms with van der Waals surface area (Å²) in [7, 11) is 0. The van der Waals surface area contributed by atoms with Gasteiger partial charge in [-0.3, -0.25) is 19.4 Å². The Kier molecular flexibility index (Phi) is 17.7. The fourth-order valence-corrected chi connectivity index (χ4v) is 13.3. The van der Waals surface area contributed by atoms with E-state index < -0.39 is 5.97 Å². The number of piperidine rings is 2. The summed E-state index contributed by atoms with van der Waals surface area (Å²) in [5.74, 6) is 0.522. The SMILES string of the molecule is CCOC(=O)C1CCN(Cc2c(O)cc(C)c3ccccc23)CC1.Cc1cc(OC2CCC3(CCCCC3)CC2)c(CN2CCC(C(=O)O)CC2)c2ccccc12.OC1CCC2(CCCCC2)CC1. The van der Waals surface area contributed by atoms with Gasteiger partial charge in [0.2, 0.25) is 0 Å². The van der Waals surface area contributed by atoms with Crippen molar-refractivity contribution in [2.75, 3.05) is 32.8 Å². The number of likely N-dealkylation sites (tertiary alicyclic amines) is 2. The zero-order valence-electron chi connectivity index (χ0n) is 42.5. The Labute approximate surface area is 413 Å². The van der Waals surface area contributed by atoms with E-state index in [1.807, 2.05) is 32.0 Å². The standard InChI is InChI=1S/C29H39NO3.C20H25NO3.C11H20O/c1-21-19-27(33-23-9-15-29(16-10-23)13-5-2-6-14-29)26(25-8-4-3-7-24(21)25)20-30-17-11-22(12-18-30)28(31)32;1-3-24-20(23)15-8-10-21(11-9-15)13-18-17-7-5-4-6-16(17)14(2)12-19(18)22;12-10-4-8-11(9-5-10)6-2-1-3-7-11/h3-4,7-8,19,22-23H,2,5-6,9-18,20H2,1H3,(H,31,32);4-7,12,15,22H,3,8-11,13H2,1-2H3;10,12H,1-9H2. The highest BCUT2D eigenvalue weighted by Crippen LogP contribution is 2.49. The molecule has 0 radical (unpaired) electrons. The second-order valence-electron chi connectivity index (χ2n) is 22.3. The number of benzene rings is 4. The largest absolute Gasteiger partial charge is 0.508 e. The number of ether oxygens (including phenoxy) is 2. The number of carboxylic acids is 1. The number of fused-ring (bicyclic) bond motifs is 2. The van der Waals surface area contributed by atoms with Gasteiger partial charge < -0.3 is 24.8 Å². The zero-order valence-corrected chi connectivity index (χ0v) is 42.5. The van der Waals surface area contributed by atoms with Crippen LogP contribution in [0.15, 0.2) is 60.7 Å². The van der Waals surface area contributed by atoms with E-state index in [1.54, 1.807) is 0 Å². The molecule has 6 fully saturated rings. The van der Waals surface area contributed by atoms with Crippen LogP contribution in [0.4, 0.5) is 0 Å². The maximum Gasteiger partial charge on any atom is 0.309 e. The van der Waals surface area contributed by atoms with E-state index >= 15 is 0 Å². The molecule has 4 aliphatic carbocycles. The van der Waals surface area contributed by atoms with Gasteiger partial charge in [-0.1, -0.05) is 87.1 Å². The summed E-state index contributed by atoms with van der Waals surface area (Å²) in [5.41, 5.74) is 5.90. The van der Waals surface area contributed by atoms with Gasteiger partial charge in [0.1, 0.15) is 11.5 Å². The number of hydrogen-bond acceptors (Lipinski definition) is 8. The molecule has 2 saturated heterocycles. The van der Waals surface area contributed by atoms with Gasteiger partial charge in [-0.15, -0.1) is 0 Å². The maximum absolute atomic E-state index is 11.8. The average Bonchev–Trinajstić information content (AvgIpc) is 3.37. The number of aromatic hydroxyl groups is 1. The van der Waals surface area contributed by atoms with Crippen molar-refractivity contribution in [1.82, 2.24) is 9.80 Å². The summed E-state index contributed by atoms with van der Waals surface area (Å²) in [4.78, 5) is 28.0. The van der Waals surface area contributed by atoms with E-state index in [1.165, 1.54) is 130 Å². The number of rotatable bonds is 9. The molecule has 3 N–H and O–H groups in total. The zero-order chi connectivity index (χ0) is 48.4. The lowest BCUT2D eigenvalue weighted by atomic mass is 9.65. The van der Waals surface area contributed by atoms with Crippen LogP contribution in [0.5, 0.6) is 11.5 Å². The van der Waals surface area contributed by atoms with Gasteiger partial charge in [0.05, 0.1) is 30.7 Å². The molecular formula is C60H84N2O7. The quantitative estimate of drug-likeness (QED) is 0.141. The number of carbonyl (C=O) groups excluding carboxylic acids is 1. The van der Waals surface area contributed by atoms with Crippen LogP contribution in [0.1, 0.15) is 170 Å². The maximum atomic E-state index is 11.8. The summed E-state index contributed by atoms with van der Waals surface area (Å²) < 4.78 is 11.9. The molecule has 2 heterocycles. The number of esters is 1. The number of aliphatic hydroxyl groups is 1. The highest BCUT2D eigenvalue weighted by molar-refractivity contribution is 5.91. The topological polar surface area (TPSA) is 120 Å². The van der Waals surface area contributed by atoms with Crippen molar-refractivity contribution in [3.8, 4) is 11.5 Å². The lowest BCUT2D eigenvalue weighted by Crippen LogP contribution is -2.36. The molecule has 69 heavy (non-hydrogen) atoms. The monoisotopic (exact) mass is 945 g/mol. The van der Waals surface area contributed by atoms with Crippen LogP contribution < -0.4 is 4.74 Å². The van der Waals surface area contributed by atoms with Crippen LogP contribution in [-0.2, 0) is 27.4 Å². The molecule has 4 aromatic carbocycles. The Balaban J connectivity index is 0.000000155. The second-order valence-corrected chi connectivity index (χ2v) is 22.3.